The molecule has 0 saturated heterocycles. The number of aryl methyl sites for hydroxylation is 1. The van der Waals surface area contributed by atoms with Gasteiger partial charge in [0.25, 0.3) is 0 Å². The number of aromatic amines is 1. The Bertz CT molecular complexity index is 1080. The summed E-state index contributed by atoms with van der Waals surface area (Å²) in [6.45, 7) is 3.88. The van der Waals surface area contributed by atoms with E-state index in [-0.39, 0.29) is 11.0 Å². The molecular formula is C20H17N3OS. The summed E-state index contributed by atoms with van der Waals surface area (Å²) in [4.78, 5) is 25.1. The van der Waals surface area contributed by atoms with E-state index in [0.29, 0.717) is 0 Å². The lowest BCUT2D eigenvalue weighted by molar-refractivity contribution is 0.0995. The van der Waals surface area contributed by atoms with E-state index in [0.717, 1.165) is 38.1 Å². The van der Waals surface area contributed by atoms with E-state index in [4.69, 9.17) is 0 Å². The number of nitrogens with one attached hydrogen (secondary N) is 1. The van der Waals surface area contributed by atoms with E-state index in [2.05, 4.69) is 15.0 Å². The van der Waals surface area contributed by atoms with E-state index in [9.17, 15) is 4.79 Å². The lowest BCUT2D eigenvalue weighted by atomic mass is 10.1. The number of benzene rings is 2. The third-order valence-corrected chi connectivity index (χ3v) is 5.42. The summed E-state index contributed by atoms with van der Waals surface area (Å²) in [6.07, 6.45) is 1.55. The second kappa shape index (κ2) is 6.33. The predicted molar refractivity (Wildman–Crippen MR) is 102 cm³/mol. The van der Waals surface area contributed by atoms with Gasteiger partial charge in [0.05, 0.1) is 10.8 Å². The molecule has 4 aromatic rings. The van der Waals surface area contributed by atoms with E-state index in [1.807, 2.05) is 62.4 Å². The highest BCUT2D eigenvalue weighted by Crippen LogP contribution is 2.31. The first-order valence-electron chi connectivity index (χ1n) is 8.13. The third kappa shape index (κ3) is 2.81. The van der Waals surface area contributed by atoms with Crippen LogP contribution in [-0.2, 0) is 0 Å². The second-order valence-electron chi connectivity index (χ2n) is 5.99. The molecule has 1 N–H and O–H groups in total. The van der Waals surface area contributed by atoms with Crippen molar-refractivity contribution < 1.29 is 4.79 Å². The molecule has 0 amide bonds. The molecule has 0 radical (unpaired) electrons. The van der Waals surface area contributed by atoms with Crippen LogP contribution in [0.5, 0.6) is 0 Å². The van der Waals surface area contributed by atoms with Crippen LogP contribution in [0.4, 0.5) is 0 Å². The van der Waals surface area contributed by atoms with Crippen molar-refractivity contribution in [3.8, 4) is 0 Å². The van der Waals surface area contributed by atoms with Gasteiger partial charge < -0.3 is 4.98 Å². The molecule has 0 aliphatic carbocycles. The van der Waals surface area contributed by atoms with Crippen LogP contribution < -0.4 is 0 Å². The normalized spacial score (nSPS) is 12.6. The van der Waals surface area contributed by atoms with Gasteiger partial charge in [0.2, 0.25) is 0 Å². The standard InChI is InChI=1S/C20H17N3OS/c1-12-18(14-7-3-6-10-17(14)23-12)19(24)13(2)25-20-15-8-4-5-9-16(15)21-11-22-20/h3-11,13,23H,1-2H3/t13-/m0/s1. The van der Waals surface area contributed by atoms with Gasteiger partial charge in [-0.1, -0.05) is 48.2 Å². The number of ketones is 1. The minimum Gasteiger partial charge on any atom is -0.358 e. The second-order valence-corrected chi connectivity index (χ2v) is 7.32. The van der Waals surface area contributed by atoms with Gasteiger partial charge in [-0.05, 0) is 26.0 Å². The van der Waals surface area contributed by atoms with E-state index >= 15 is 0 Å². The molecule has 2 aromatic carbocycles. The summed E-state index contributed by atoms with van der Waals surface area (Å²) in [5, 5.41) is 2.55. The van der Waals surface area contributed by atoms with Crippen molar-refractivity contribution in [3.05, 3.63) is 66.1 Å². The van der Waals surface area contributed by atoms with E-state index in [1.54, 1.807) is 6.33 Å². The number of carbonyl (C=O) groups is 1. The summed E-state index contributed by atoms with van der Waals surface area (Å²) >= 11 is 1.48. The van der Waals surface area contributed by atoms with Crippen molar-refractivity contribution >= 4 is 39.4 Å². The molecule has 25 heavy (non-hydrogen) atoms. The number of fused-ring (bicyclic) bond motifs is 2. The molecule has 2 aromatic heterocycles. The third-order valence-electron chi connectivity index (χ3n) is 4.30. The largest absolute Gasteiger partial charge is 0.358 e. The summed E-state index contributed by atoms with van der Waals surface area (Å²) in [5.74, 6) is 0.114. The van der Waals surface area contributed by atoms with Crippen LogP contribution in [-0.4, -0.2) is 26.0 Å². The fourth-order valence-corrected chi connectivity index (χ4v) is 4.06. The van der Waals surface area contributed by atoms with Gasteiger partial charge in [-0.3, -0.25) is 4.79 Å². The zero-order chi connectivity index (χ0) is 17.4. The lowest BCUT2D eigenvalue weighted by Crippen LogP contribution is -2.14. The van der Waals surface area contributed by atoms with Crippen LogP contribution in [0, 0.1) is 6.92 Å². The van der Waals surface area contributed by atoms with E-state index < -0.39 is 0 Å². The maximum Gasteiger partial charge on any atom is 0.178 e. The molecule has 0 bridgehead atoms. The van der Waals surface area contributed by atoms with Gasteiger partial charge in [0, 0.05) is 27.5 Å². The molecule has 0 fully saturated rings. The van der Waals surface area contributed by atoms with Crippen molar-refractivity contribution in [1.82, 2.24) is 15.0 Å². The van der Waals surface area contributed by atoms with Crippen molar-refractivity contribution in [2.45, 2.75) is 24.1 Å². The molecule has 1 atom stereocenters. The van der Waals surface area contributed by atoms with Crippen molar-refractivity contribution in [1.29, 1.82) is 0 Å². The highest BCUT2D eigenvalue weighted by atomic mass is 32.2. The smallest absolute Gasteiger partial charge is 0.178 e. The van der Waals surface area contributed by atoms with Gasteiger partial charge in [0.1, 0.15) is 11.4 Å². The molecule has 4 rings (SSSR count). The average molecular weight is 347 g/mol. The quantitative estimate of drug-likeness (QED) is 0.328. The number of nitrogens with zero attached hydrogens (tertiary/aromatic N) is 2. The van der Waals surface area contributed by atoms with Gasteiger partial charge >= 0.3 is 0 Å². The number of aromatic nitrogens is 3. The Kier molecular flexibility index (Phi) is 4.01. The highest BCUT2D eigenvalue weighted by Gasteiger charge is 2.23. The molecule has 0 aliphatic heterocycles. The summed E-state index contributed by atoms with van der Waals surface area (Å²) < 4.78 is 0. The van der Waals surface area contributed by atoms with Gasteiger partial charge in [-0.25, -0.2) is 9.97 Å². The van der Waals surface area contributed by atoms with Crippen LogP contribution in [0.2, 0.25) is 0 Å². The molecular weight excluding hydrogens is 330 g/mol. The summed E-state index contributed by atoms with van der Waals surface area (Å²) in [6, 6.07) is 15.8. The van der Waals surface area contributed by atoms with Crippen LogP contribution in [0.25, 0.3) is 21.8 Å². The molecule has 2 heterocycles. The topological polar surface area (TPSA) is 58.6 Å². The van der Waals surface area contributed by atoms with Crippen LogP contribution in [0.3, 0.4) is 0 Å². The Hall–Kier alpha value is -2.66. The average Bonchev–Trinajstić information content (AvgIpc) is 2.97. The number of carbonyl (C=O) groups excluding carboxylic acids is 1. The van der Waals surface area contributed by atoms with Gasteiger partial charge in [-0.2, -0.15) is 0 Å². The van der Waals surface area contributed by atoms with Crippen LogP contribution in [0.15, 0.2) is 59.9 Å². The molecule has 0 aliphatic rings. The number of hydrogen-bond acceptors (Lipinski definition) is 4. The number of para-hydroxylation sites is 2. The molecule has 0 saturated carbocycles. The summed E-state index contributed by atoms with van der Waals surface area (Å²) in [5.41, 5.74) is 3.57. The number of hydrogen-bond donors (Lipinski definition) is 1. The first-order chi connectivity index (χ1) is 12.1. The maximum atomic E-state index is 13.1. The minimum absolute atomic E-state index is 0.114. The predicted octanol–water partition coefficient (Wildman–Crippen LogP) is 4.78. The van der Waals surface area contributed by atoms with Crippen molar-refractivity contribution in [3.63, 3.8) is 0 Å². The lowest BCUT2D eigenvalue weighted by Gasteiger charge is -2.11. The monoisotopic (exact) mass is 347 g/mol. The van der Waals surface area contributed by atoms with Gasteiger partial charge in [-0.15, -0.1) is 0 Å². The number of H-pyrrole nitrogens is 1. The first-order valence-corrected chi connectivity index (χ1v) is 9.01. The van der Waals surface area contributed by atoms with E-state index in [1.165, 1.54) is 11.8 Å². The number of Topliss-reactive ketones (excluding diaryl/α,β-unsaturated/α-hetero) is 1. The summed E-state index contributed by atoms with van der Waals surface area (Å²) in [7, 11) is 0. The van der Waals surface area contributed by atoms with Crippen molar-refractivity contribution in [2.24, 2.45) is 0 Å². The van der Waals surface area contributed by atoms with Crippen LogP contribution in [0.1, 0.15) is 23.0 Å². The number of thioether (sulfide) groups is 1. The Morgan fingerprint density at radius 2 is 1.76 bits per heavy atom. The zero-order valence-corrected chi connectivity index (χ0v) is 14.8. The minimum atomic E-state index is -0.240. The molecule has 0 unspecified atom stereocenters. The Morgan fingerprint density at radius 1 is 1.04 bits per heavy atom. The molecule has 0 spiro atoms. The Morgan fingerprint density at radius 3 is 2.60 bits per heavy atom. The first kappa shape index (κ1) is 15.8. The van der Waals surface area contributed by atoms with Crippen LogP contribution >= 0.6 is 11.8 Å². The number of rotatable bonds is 4. The molecule has 4 nitrogen and oxygen atoms in total. The van der Waals surface area contributed by atoms with Crippen molar-refractivity contribution in [2.75, 3.05) is 0 Å². The SMILES string of the molecule is Cc1[nH]c2ccccc2c1C(=O)[C@H](C)Sc1ncnc2ccccc12. The Balaban J connectivity index is 1.69. The fraction of sp³-hybridized carbons (Fsp3) is 0.150. The fourth-order valence-electron chi connectivity index (χ4n) is 3.09. The maximum absolute atomic E-state index is 13.1. The van der Waals surface area contributed by atoms with Gasteiger partial charge in [0.15, 0.2) is 5.78 Å². The Labute approximate surface area is 149 Å². The molecule has 124 valence electrons. The molecule has 5 heteroatoms. The highest BCUT2D eigenvalue weighted by molar-refractivity contribution is 8.00. The zero-order valence-electron chi connectivity index (χ0n) is 14.0.